The number of anilines is 1. The van der Waals surface area contributed by atoms with E-state index in [2.05, 4.69) is 5.32 Å². The van der Waals surface area contributed by atoms with Crippen molar-refractivity contribution >= 4 is 11.6 Å². The van der Waals surface area contributed by atoms with Crippen molar-refractivity contribution in [1.29, 1.82) is 0 Å². The van der Waals surface area contributed by atoms with Gasteiger partial charge in [-0.1, -0.05) is 0 Å². The fourth-order valence-corrected chi connectivity index (χ4v) is 1.31. The molecule has 0 aromatic heterocycles. The van der Waals surface area contributed by atoms with Crippen molar-refractivity contribution < 1.29 is 9.53 Å². The maximum atomic E-state index is 10.9. The highest BCUT2D eigenvalue weighted by molar-refractivity contribution is 5.89. The Morgan fingerprint density at radius 1 is 1.40 bits per heavy atom. The highest BCUT2D eigenvalue weighted by Gasteiger charge is 2.03. The Labute approximate surface area is 90.4 Å². The van der Waals surface area contributed by atoms with Gasteiger partial charge in [0.05, 0.1) is 6.10 Å². The first-order valence-corrected chi connectivity index (χ1v) is 5.04. The molecule has 1 aromatic rings. The molecular formula is C12H17NO2. The molecule has 3 heteroatoms. The minimum Gasteiger partial charge on any atom is -0.491 e. The number of carbonyl (C=O) groups excluding carboxylic acids is 1. The molecule has 0 fully saturated rings. The quantitative estimate of drug-likeness (QED) is 0.827. The number of amides is 1. The average molecular weight is 207 g/mol. The number of rotatable bonds is 3. The summed E-state index contributed by atoms with van der Waals surface area (Å²) in [6, 6.07) is 5.64. The van der Waals surface area contributed by atoms with Gasteiger partial charge in [0.1, 0.15) is 5.75 Å². The van der Waals surface area contributed by atoms with Gasteiger partial charge in [-0.15, -0.1) is 0 Å². The van der Waals surface area contributed by atoms with Crippen LogP contribution in [0.5, 0.6) is 5.75 Å². The molecule has 1 amide bonds. The van der Waals surface area contributed by atoms with E-state index in [4.69, 9.17) is 4.74 Å². The summed E-state index contributed by atoms with van der Waals surface area (Å²) in [5.74, 6) is 0.771. The number of carbonyl (C=O) groups is 1. The van der Waals surface area contributed by atoms with Crippen LogP contribution in [0.1, 0.15) is 26.3 Å². The van der Waals surface area contributed by atoms with E-state index in [1.165, 1.54) is 6.92 Å². The second kappa shape index (κ2) is 4.82. The zero-order chi connectivity index (χ0) is 11.4. The summed E-state index contributed by atoms with van der Waals surface area (Å²) in [6.45, 7) is 7.41. The van der Waals surface area contributed by atoms with Crippen LogP contribution in [0.15, 0.2) is 18.2 Å². The van der Waals surface area contributed by atoms with Crippen LogP contribution in [0.3, 0.4) is 0 Å². The van der Waals surface area contributed by atoms with Crippen LogP contribution in [-0.4, -0.2) is 12.0 Å². The van der Waals surface area contributed by atoms with E-state index in [1.807, 2.05) is 39.0 Å². The summed E-state index contributed by atoms with van der Waals surface area (Å²) in [4.78, 5) is 10.9. The van der Waals surface area contributed by atoms with Gasteiger partial charge in [-0.25, -0.2) is 0 Å². The van der Waals surface area contributed by atoms with Crippen molar-refractivity contribution in [3.05, 3.63) is 23.8 Å². The normalized spacial score (nSPS) is 10.2. The molecule has 0 atom stereocenters. The van der Waals surface area contributed by atoms with Crippen LogP contribution in [0, 0.1) is 6.92 Å². The summed E-state index contributed by atoms with van der Waals surface area (Å²) in [6.07, 6.45) is 0.163. The Bertz CT molecular complexity index is 359. The van der Waals surface area contributed by atoms with Crippen molar-refractivity contribution in [3.63, 3.8) is 0 Å². The number of aryl methyl sites for hydroxylation is 1. The third-order valence-electron chi connectivity index (χ3n) is 1.88. The molecule has 0 spiro atoms. The lowest BCUT2D eigenvalue weighted by Crippen LogP contribution is -2.08. The van der Waals surface area contributed by atoms with Gasteiger partial charge in [-0.05, 0) is 44.5 Å². The van der Waals surface area contributed by atoms with E-state index in [0.717, 1.165) is 17.0 Å². The molecule has 0 heterocycles. The standard InChI is InChI=1S/C12H17NO2/c1-8(2)15-11-5-6-12(9(3)7-11)13-10(4)14/h5-8H,1-4H3,(H,13,14). The lowest BCUT2D eigenvalue weighted by atomic mass is 10.2. The van der Waals surface area contributed by atoms with Crippen molar-refractivity contribution in [1.82, 2.24) is 0 Å². The molecule has 0 unspecified atom stereocenters. The molecule has 15 heavy (non-hydrogen) atoms. The highest BCUT2D eigenvalue weighted by Crippen LogP contribution is 2.21. The van der Waals surface area contributed by atoms with Crippen LogP contribution in [-0.2, 0) is 4.79 Å². The minimum atomic E-state index is -0.0596. The van der Waals surface area contributed by atoms with Gasteiger partial charge < -0.3 is 10.1 Å². The zero-order valence-electron chi connectivity index (χ0n) is 9.63. The van der Waals surface area contributed by atoms with E-state index in [1.54, 1.807) is 0 Å². The van der Waals surface area contributed by atoms with Crippen LogP contribution in [0.4, 0.5) is 5.69 Å². The van der Waals surface area contributed by atoms with E-state index in [9.17, 15) is 4.79 Å². The third-order valence-corrected chi connectivity index (χ3v) is 1.88. The van der Waals surface area contributed by atoms with Crippen molar-refractivity contribution in [2.45, 2.75) is 33.8 Å². The summed E-state index contributed by atoms with van der Waals surface area (Å²) >= 11 is 0. The van der Waals surface area contributed by atoms with Gasteiger partial charge in [-0.3, -0.25) is 4.79 Å². The van der Waals surface area contributed by atoms with Gasteiger partial charge in [0.15, 0.2) is 0 Å². The zero-order valence-corrected chi connectivity index (χ0v) is 9.63. The molecule has 0 bridgehead atoms. The second-order valence-corrected chi connectivity index (χ2v) is 3.82. The molecule has 1 N–H and O–H groups in total. The van der Waals surface area contributed by atoms with Gasteiger partial charge in [0.25, 0.3) is 0 Å². The molecule has 0 aliphatic rings. The Balaban J connectivity index is 2.83. The topological polar surface area (TPSA) is 38.3 Å². The highest BCUT2D eigenvalue weighted by atomic mass is 16.5. The summed E-state index contributed by atoms with van der Waals surface area (Å²) < 4.78 is 5.54. The van der Waals surface area contributed by atoms with Gasteiger partial charge in [-0.2, -0.15) is 0 Å². The van der Waals surface area contributed by atoms with Crippen molar-refractivity contribution in [3.8, 4) is 5.75 Å². The largest absolute Gasteiger partial charge is 0.491 e. The van der Waals surface area contributed by atoms with Crippen molar-refractivity contribution in [2.75, 3.05) is 5.32 Å². The molecule has 0 saturated carbocycles. The van der Waals surface area contributed by atoms with E-state index >= 15 is 0 Å². The van der Waals surface area contributed by atoms with Gasteiger partial charge in [0.2, 0.25) is 5.91 Å². The van der Waals surface area contributed by atoms with Gasteiger partial charge in [0, 0.05) is 12.6 Å². The first-order valence-electron chi connectivity index (χ1n) is 5.04. The number of ether oxygens (including phenoxy) is 1. The Hall–Kier alpha value is -1.51. The first-order chi connectivity index (χ1) is 6.99. The molecule has 1 aromatic carbocycles. The van der Waals surface area contributed by atoms with Gasteiger partial charge >= 0.3 is 0 Å². The maximum absolute atomic E-state index is 10.9. The third kappa shape index (κ3) is 3.62. The summed E-state index contributed by atoms with van der Waals surface area (Å²) in [5, 5.41) is 2.76. The maximum Gasteiger partial charge on any atom is 0.221 e. The average Bonchev–Trinajstić information content (AvgIpc) is 2.08. The predicted molar refractivity (Wildman–Crippen MR) is 61.2 cm³/mol. The Kier molecular flexibility index (Phi) is 3.72. The minimum absolute atomic E-state index is 0.0596. The van der Waals surface area contributed by atoms with Crippen LogP contribution >= 0.6 is 0 Å². The molecule has 0 aliphatic carbocycles. The Morgan fingerprint density at radius 3 is 2.53 bits per heavy atom. The van der Waals surface area contributed by atoms with Crippen LogP contribution in [0.2, 0.25) is 0 Å². The number of nitrogens with one attached hydrogen (secondary N) is 1. The monoisotopic (exact) mass is 207 g/mol. The molecule has 0 radical (unpaired) electrons. The summed E-state index contributed by atoms with van der Waals surface area (Å²) in [7, 11) is 0. The molecule has 0 saturated heterocycles. The fourth-order valence-electron chi connectivity index (χ4n) is 1.31. The molecule has 3 nitrogen and oxygen atoms in total. The van der Waals surface area contributed by atoms with Crippen LogP contribution in [0.25, 0.3) is 0 Å². The SMILES string of the molecule is CC(=O)Nc1ccc(OC(C)C)cc1C. The first kappa shape index (κ1) is 11.6. The fraction of sp³-hybridized carbons (Fsp3) is 0.417. The second-order valence-electron chi connectivity index (χ2n) is 3.82. The number of hydrogen-bond acceptors (Lipinski definition) is 2. The number of hydrogen-bond donors (Lipinski definition) is 1. The summed E-state index contributed by atoms with van der Waals surface area (Å²) in [5.41, 5.74) is 1.84. The molecule has 82 valence electrons. The lowest BCUT2D eigenvalue weighted by Gasteiger charge is -2.12. The molecule has 0 aliphatic heterocycles. The smallest absolute Gasteiger partial charge is 0.221 e. The van der Waals surface area contributed by atoms with E-state index in [-0.39, 0.29) is 12.0 Å². The molecule has 1 rings (SSSR count). The van der Waals surface area contributed by atoms with Crippen molar-refractivity contribution in [2.24, 2.45) is 0 Å². The van der Waals surface area contributed by atoms with E-state index < -0.39 is 0 Å². The Morgan fingerprint density at radius 2 is 2.07 bits per heavy atom. The van der Waals surface area contributed by atoms with E-state index in [0.29, 0.717) is 0 Å². The number of benzene rings is 1. The predicted octanol–water partition coefficient (Wildman–Crippen LogP) is 2.74. The molecular weight excluding hydrogens is 190 g/mol. The lowest BCUT2D eigenvalue weighted by molar-refractivity contribution is -0.114. The van der Waals surface area contributed by atoms with Crippen LogP contribution < -0.4 is 10.1 Å².